The van der Waals surface area contributed by atoms with E-state index in [4.69, 9.17) is 9.26 Å². The van der Waals surface area contributed by atoms with E-state index in [1.165, 1.54) is 16.2 Å². The number of amides is 1. The molecule has 4 rings (SSSR count). The van der Waals surface area contributed by atoms with Crippen molar-refractivity contribution in [1.82, 2.24) is 10.1 Å². The van der Waals surface area contributed by atoms with Gasteiger partial charge in [0.25, 0.3) is 0 Å². The number of carbonyl (C=O) groups is 2. The van der Waals surface area contributed by atoms with Crippen LogP contribution in [0.2, 0.25) is 0 Å². The SMILES string of the molecule is CCOC(=O)c1c(NC(=O)CCCc2nc(-c3ccccc3)no2)sc2c1CC[C@H](C)C2. The molecule has 2 heterocycles. The zero-order valence-electron chi connectivity index (χ0n) is 18.3. The number of hydrogen-bond acceptors (Lipinski definition) is 7. The molecule has 32 heavy (non-hydrogen) atoms. The third-order valence-corrected chi connectivity index (χ3v) is 6.71. The van der Waals surface area contributed by atoms with Gasteiger partial charge in [-0.05, 0) is 44.1 Å². The Hall–Kier alpha value is -3.00. The van der Waals surface area contributed by atoms with Crippen molar-refractivity contribution in [1.29, 1.82) is 0 Å². The third kappa shape index (κ3) is 5.07. The van der Waals surface area contributed by atoms with E-state index in [1.807, 2.05) is 30.3 Å². The van der Waals surface area contributed by atoms with Gasteiger partial charge >= 0.3 is 5.97 Å². The molecule has 1 aromatic carbocycles. The highest BCUT2D eigenvalue weighted by Crippen LogP contribution is 2.40. The maximum Gasteiger partial charge on any atom is 0.341 e. The van der Waals surface area contributed by atoms with Gasteiger partial charge < -0.3 is 14.6 Å². The second-order valence-corrected chi connectivity index (χ2v) is 9.16. The van der Waals surface area contributed by atoms with Gasteiger partial charge in [0.05, 0.1) is 12.2 Å². The first-order valence-electron chi connectivity index (χ1n) is 11.0. The van der Waals surface area contributed by atoms with Gasteiger partial charge in [-0.25, -0.2) is 4.79 Å². The minimum absolute atomic E-state index is 0.134. The first-order valence-corrected chi connectivity index (χ1v) is 11.9. The van der Waals surface area contributed by atoms with E-state index in [9.17, 15) is 9.59 Å². The Morgan fingerprint density at radius 2 is 2.09 bits per heavy atom. The highest BCUT2D eigenvalue weighted by atomic mass is 32.1. The van der Waals surface area contributed by atoms with Crippen molar-refractivity contribution in [2.75, 3.05) is 11.9 Å². The van der Waals surface area contributed by atoms with Crippen LogP contribution in [0.4, 0.5) is 5.00 Å². The minimum Gasteiger partial charge on any atom is -0.462 e. The van der Waals surface area contributed by atoms with Crippen LogP contribution in [0.1, 0.15) is 59.8 Å². The molecule has 1 N–H and O–H groups in total. The van der Waals surface area contributed by atoms with Gasteiger partial charge in [-0.2, -0.15) is 4.98 Å². The van der Waals surface area contributed by atoms with Crippen LogP contribution in [-0.4, -0.2) is 28.6 Å². The quantitative estimate of drug-likeness (QED) is 0.479. The second-order valence-electron chi connectivity index (χ2n) is 8.06. The van der Waals surface area contributed by atoms with E-state index in [-0.39, 0.29) is 11.9 Å². The Balaban J connectivity index is 1.37. The number of carbonyl (C=O) groups excluding carboxylic acids is 2. The van der Waals surface area contributed by atoms with Gasteiger partial charge in [0.2, 0.25) is 17.6 Å². The number of aryl methyl sites for hydroxylation is 1. The number of aromatic nitrogens is 2. The van der Waals surface area contributed by atoms with Gasteiger partial charge in [0, 0.05) is 23.3 Å². The van der Waals surface area contributed by atoms with Crippen LogP contribution < -0.4 is 5.32 Å². The van der Waals surface area contributed by atoms with Gasteiger partial charge in [0.15, 0.2) is 0 Å². The standard InChI is InChI=1S/C24H27N3O4S/c1-3-30-24(29)21-17-13-12-15(2)14-18(17)32-23(21)25-19(28)10-7-11-20-26-22(27-31-20)16-8-5-4-6-9-16/h4-6,8-9,15H,3,7,10-14H2,1-2H3,(H,25,28)/t15-/m0/s1. The molecular formula is C24H27N3O4S. The Bertz CT molecular complexity index is 1090. The zero-order valence-corrected chi connectivity index (χ0v) is 19.2. The summed E-state index contributed by atoms with van der Waals surface area (Å²) in [6.07, 6.45) is 4.19. The van der Waals surface area contributed by atoms with Crippen LogP contribution >= 0.6 is 11.3 Å². The van der Waals surface area contributed by atoms with E-state index in [0.29, 0.717) is 54.1 Å². The smallest absolute Gasteiger partial charge is 0.341 e. The van der Waals surface area contributed by atoms with E-state index in [1.54, 1.807) is 6.92 Å². The zero-order chi connectivity index (χ0) is 22.5. The predicted molar refractivity (Wildman–Crippen MR) is 123 cm³/mol. The molecular weight excluding hydrogens is 426 g/mol. The Kier molecular flexibility index (Phi) is 6.99. The van der Waals surface area contributed by atoms with Crippen LogP contribution in [0.15, 0.2) is 34.9 Å². The van der Waals surface area contributed by atoms with Crippen LogP contribution in [-0.2, 0) is 28.8 Å². The molecule has 1 amide bonds. The second kappa shape index (κ2) is 10.1. The molecule has 1 aliphatic rings. The van der Waals surface area contributed by atoms with Crippen molar-refractivity contribution in [2.45, 2.75) is 52.4 Å². The lowest BCUT2D eigenvalue weighted by atomic mass is 9.88. The summed E-state index contributed by atoms with van der Waals surface area (Å²) in [6, 6.07) is 9.61. The molecule has 0 fully saturated rings. The Labute approximate surface area is 191 Å². The maximum atomic E-state index is 12.6. The average Bonchev–Trinajstić information content (AvgIpc) is 3.38. The minimum atomic E-state index is -0.353. The monoisotopic (exact) mass is 453 g/mol. The van der Waals surface area contributed by atoms with Crippen LogP contribution in [0.25, 0.3) is 11.4 Å². The van der Waals surface area contributed by atoms with E-state index < -0.39 is 0 Å². The summed E-state index contributed by atoms with van der Waals surface area (Å²) in [5, 5.41) is 7.57. The molecule has 168 valence electrons. The molecule has 0 saturated heterocycles. The number of nitrogens with zero attached hydrogens (tertiary/aromatic N) is 2. The molecule has 0 unspecified atom stereocenters. The molecule has 2 aromatic heterocycles. The Morgan fingerprint density at radius 1 is 1.28 bits per heavy atom. The summed E-state index contributed by atoms with van der Waals surface area (Å²) in [5.41, 5.74) is 2.47. The lowest BCUT2D eigenvalue weighted by molar-refractivity contribution is -0.116. The fourth-order valence-electron chi connectivity index (χ4n) is 3.91. The normalized spacial score (nSPS) is 15.2. The largest absolute Gasteiger partial charge is 0.462 e. The predicted octanol–water partition coefficient (Wildman–Crippen LogP) is 5.06. The number of hydrogen-bond donors (Lipinski definition) is 1. The summed E-state index contributed by atoms with van der Waals surface area (Å²) in [5.74, 6) is 1.14. The number of anilines is 1. The number of thiophene rings is 1. The van der Waals surface area contributed by atoms with Crippen molar-refractivity contribution >= 4 is 28.2 Å². The average molecular weight is 454 g/mol. The third-order valence-electron chi connectivity index (χ3n) is 5.54. The molecule has 0 aliphatic heterocycles. The Morgan fingerprint density at radius 3 is 2.88 bits per heavy atom. The van der Waals surface area contributed by atoms with Crippen LogP contribution in [0.3, 0.4) is 0 Å². The molecule has 7 nitrogen and oxygen atoms in total. The summed E-state index contributed by atoms with van der Waals surface area (Å²) >= 11 is 1.51. The highest BCUT2D eigenvalue weighted by Gasteiger charge is 2.29. The number of nitrogens with one attached hydrogen (secondary N) is 1. The van der Waals surface area contributed by atoms with Gasteiger partial charge in [-0.1, -0.05) is 42.4 Å². The van der Waals surface area contributed by atoms with Gasteiger partial charge in [-0.15, -0.1) is 11.3 Å². The first kappa shape index (κ1) is 22.2. The number of rotatable bonds is 8. The van der Waals surface area contributed by atoms with Crippen molar-refractivity contribution in [2.24, 2.45) is 5.92 Å². The van der Waals surface area contributed by atoms with E-state index in [0.717, 1.165) is 30.4 Å². The summed E-state index contributed by atoms with van der Waals surface area (Å²) in [4.78, 5) is 30.8. The topological polar surface area (TPSA) is 94.3 Å². The van der Waals surface area contributed by atoms with E-state index in [2.05, 4.69) is 22.4 Å². The van der Waals surface area contributed by atoms with Crippen LogP contribution in [0.5, 0.6) is 0 Å². The molecule has 8 heteroatoms. The first-order chi connectivity index (χ1) is 15.5. The van der Waals surface area contributed by atoms with Crippen molar-refractivity contribution in [3.8, 4) is 11.4 Å². The lowest BCUT2D eigenvalue weighted by Crippen LogP contribution is -2.16. The van der Waals surface area contributed by atoms with Gasteiger partial charge in [-0.3, -0.25) is 4.79 Å². The summed E-state index contributed by atoms with van der Waals surface area (Å²) in [6.45, 7) is 4.31. The molecule has 0 spiro atoms. The van der Waals surface area contributed by atoms with Crippen molar-refractivity contribution in [3.63, 3.8) is 0 Å². The molecule has 1 atom stereocenters. The molecule has 0 bridgehead atoms. The summed E-state index contributed by atoms with van der Waals surface area (Å²) < 4.78 is 10.6. The number of benzene rings is 1. The lowest BCUT2D eigenvalue weighted by Gasteiger charge is -2.18. The van der Waals surface area contributed by atoms with Gasteiger partial charge in [0.1, 0.15) is 5.00 Å². The molecule has 1 aliphatic carbocycles. The highest BCUT2D eigenvalue weighted by molar-refractivity contribution is 7.17. The number of fused-ring (bicyclic) bond motifs is 1. The van der Waals surface area contributed by atoms with Crippen molar-refractivity contribution < 1.29 is 18.8 Å². The molecule has 3 aromatic rings. The van der Waals surface area contributed by atoms with Crippen molar-refractivity contribution in [3.05, 3.63) is 52.2 Å². The maximum absolute atomic E-state index is 12.6. The molecule has 0 saturated carbocycles. The fourth-order valence-corrected chi connectivity index (χ4v) is 5.32. The number of esters is 1. The molecule has 0 radical (unpaired) electrons. The summed E-state index contributed by atoms with van der Waals surface area (Å²) in [7, 11) is 0. The number of ether oxygens (including phenoxy) is 1. The fraction of sp³-hybridized carbons (Fsp3) is 0.417. The van der Waals surface area contributed by atoms with E-state index >= 15 is 0 Å². The van der Waals surface area contributed by atoms with Crippen LogP contribution in [0, 0.1) is 5.92 Å².